The number of rotatable bonds is 3. The molecule has 0 atom stereocenters. The van der Waals surface area contributed by atoms with E-state index in [1.807, 2.05) is 54.8 Å². The molecule has 172 valence electrons. The topological polar surface area (TPSA) is 40.6 Å². The molecular formula is C27H35FN2O2. The van der Waals surface area contributed by atoms with Crippen LogP contribution in [0.3, 0.4) is 0 Å². The van der Waals surface area contributed by atoms with E-state index < -0.39 is 0 Å². The van der Waals surface area contributed by atoms with Gasteiger partial charge in [-0.2, -0.15) is 0 Å². The standard InChI is InChI=1S/C27H35FN2O2/c1-20(2)27(32)30-16-10-6-4-5-9-15-29(19-23-11-7-8-12-25(23)30)26(31)18-22-13-14-24(28)17-21(22)3/h7-8,11-14,17,20H,4-6,9-10,15-16,18-19H2,1-3H3. The van der Waals surface area contributed by atoms with Crippen LogP contribution in [0, 0.1) is 18.7 Å². The van der Waals surface area contributed by atoms with Crippen molar-refractivity contribution in [2.75, 3.05) is 18.0 Å². The lowest BCUT2D eigenvalue weighted by Gasteiger charge is -2.30. The van der Waals surface area contributed by atoms with Crippen LogP contribution in [0.5, 0.6) is 0 Å². The number of amides is 2. The van der Waals surface area contributed by atoms with E-state index in [1.165, 1.54) is 12.1 Å². The summed E-state index contributed by atoms with van der Waals surface area (Å²) >= 11 is 0. The zero-order valence-electron chi connectivity index (χ0n) is 19.6. The van der Waals surface area contributed by atoms with Crippen molar-refractivity contribution in [2.45, 2.75) is 65.8 Å². The maximum Gasteiger partial charge on any atom is 0.229 e. The first-order chi connectivity index (χ1) is 15.4. The van der Waals surface area contributed by atoms with Crippen molar-refractivity contribution in [3.05, 3.63) is 65.0 Å². The molecule has 2 aromatic rings. The van der Waals surface area contributed by atoms with Crippen molar-refractivity contribution < 1.29 is 14.0 Å². The van der Waals surface area contributed by atoms with E-state index in [2.05, 4.69) is 0 Å². The molecule has 0 aromatic heterocycles. The van der Waals surface area contributed by atoms with E-state index in [1.54, 1.807) is 6.07 Å². The molecular weight excluding hydrogens is 403 g/mol. The lowest BCUT2D eigenvalue weighted by molar-refractivity contribution is -0.131. The van der Waals surface area contributed by atoms with Gasteiger partial charge in [0.15, 0.2) is 0 Å². The number of carbonyl (C=O) groups is 2. The summed E-state index contributed by atoms with van der Waals surface area (Å²) in [4.78, 5) is 30.1. The smallest absolute Gasteiger partial charge is 0.229 e. The largest absolute Gasteiger partial charge is 0.338 e. The van der Waals surface area contributed by atoms with Crippen LogP contribution in [0.15, 0.2) is 42.5 Å². The Morgan fingerprint density at radius 1 is 0.969 bits per heavy atom. The normalized spacial score (nSPS) is 15.7. The molecule has 5 heteroatoms. The number of hydrogen-bond donors (Lipinski definition) is 0. The quantitative estimate of drug-likeness (QED) is 0.621. The van der Waals surface area contributed by atoms with E-state index >= 15 is 0 Å². The minimum absolute atomic E-state index is 0.0355. The van der Waals surface area contributed by atoms with Crippen molar-refractivity contribution in [1.29, 1.82) is 0 Å². The maximum atomic E-state index is 13.5. The molecule has 0 fully saturated rings. The first kappa shape index (κ1) is 24.0. The minimum Gasteiger partial charge on any atom is -0.338 e. The van der Waals surface area contributed by atoms with Crippen molar-refractivity contribution in [3.8, 4) is 0 Å². The van der Waals surface area contributed by atoms with Gasteiger partial charge < -0.3 is 9.80 Å². The Morgan fingerprint density at radius 2 is 1.66 bits per heavy atom. The van der Waals surface area contributed by atoms with Gasteiger partial charge in [0.2, 0.25) is 11.8 Å². The number of fused-ring (bicyclic) bond motifs is 1. The first-order valence-corrected chi connectivity index (χ1v) is 11.8. The van der Waals surface area contributed by atoms with Gasteiger partial charge in [-0.15, -0.1) is 0 Å². The summed E-state index contributed by atoms with van der Waals surface area (Å²) in [6, 6.07) is 12.5. The Morgan fingerprint density at radius 3 is 2.38 bits per heavy atom. The predicted octanol–water partition coefficient (Wildman–Crippen LogP) is 5.66. The van der Waals surface area contributed by atoms with Gasteiger partial charge in [-0.05, 0) is 54.7 Å². The van der Waals surface area contributed by atoms with Gasteiger partial charge in [-0.25, -0.2) is 4.39 Å². The second-order valence-electron chi connectivity index (χ2n) is 9.10. The Labute approximate surface area is 191 Å². The van der Waals surface area contributed by atoms with E-state index in [4.69, 9.17) is 0 Å². The number of anilines is 1. The molecule has 0 saturated carbocycles. The van der Waals surface area contributed by atoms with Crippen LogP contribution >= 0.6 is 0 Å². The van der Waals surface area contributed by atoms with Crippen LogP contribution in [0.2, 0.25) is 0 Å². The summed E-state index contributed by atoms with van der Waals surface area (Å²) in [6.07, 6.45) is 5.45. The lowest BCUT2D eigenvalue weighted by atomic mass is 10.0. The first-order valence-electron chi connectivity index (χ1n) is 11.8. The Hall–Kier alpha value is -2.69. The van der Waals surface area contributed by atoms with Crippen LogP contribution in [0.1, 0.15) is 62.6 Å². The van der Waals surface area contributed by atoms with Crippen molar-refractivity contribution in [3.63, 3.8) is 0 Å². The SMILES string of the molecule is Cc1cc(F)ccc1CC(=O)N1CCCCCCCN(C(=O)C(C)C)c2ccccc2C1. The Kier molecular flexibility index (Phi) is 8.43. The van der Waals surface area contributed by atoms with Crippen LogP contribution in [0.25, 0.3) is 0 Å². The summed E-state index contributed by atoms with van der Waals surface area (Å²) in [5.74, 6) is -0.216. The lowest BCUT2D eigenvalue weighted by Crippen LogP contribution is -2.38. The highest BCUT2D eigenvalue weighted by Crippen LogP contribution is 2.26. The third-order valence-corrected chi connectivity index (χ3v) is 6.21. The van der Waals surface area contributed by atoms with Crippen molar-refractivity contribution in [2.24, 2.45) is 5.92 Å². The van der Waals surface area contributed by atoms with Gasteiger partial charge in [-0.1, -0.05) is 57.4 Å². The fraction of sp³-hybridized carbons (Fsp3) is 0.481. The average Bonchev–Trinajstić information content (AvgIpc) is 2.75. The molecule has 0 aliphatic carbocycles. The molecule has 0 saturated heterocycles. The molecule has 3 rings (SSSR count). The fourth-order valence-electron chi connectivity index (χ4n) is 4.30. The number of aryl methyl sites for hydroxylation is 1. The maximum absolute atomic E-state index is 13.5. The second kappa shape index (κ2) is 11.3. The average molecular weight is 439 g/mol. The van der Waals surface area contributed by atoms with Gasteiger partial charge in [0.1, 0.15) is 5.82 Å². The fourth-order valence-corrected chi connectivity index (χ4v) is 4.30. The van der Waals surface area contributed by atoms with Crippen LogP contribution in [-0.4, -0.2) is 29.8 Å². The molecule has 1 heterocycles. The Bertz CT molecular complexity index is 941. The molecule has 1 aliphatic rings. The zero-order chi connectivity index (χ0) is 23.1. The van der Waals surface area contributed by atoms with Gasteiger partial charge in [0, 0.05) is 31.2 Å². The van der Waals surface area contributed by atoms with Gasteiger partial charge in [-0.3, -0.25) is 9.59 Å². The summed E-state index contributed by atoms with van der Waals surface area (Å²) < 4.78 is 13.5. The summed E-state index contributed by atoms with van der Waals surface area (Å²) in [5.41, 5.74) is 3.54. The summed E-state index contributed by atoms with van der Waals surface area (Å²) in [6.45, 7) is 7.57. The number of hydrogen-bond acceptors (Lipinski definition) is 2. The predicted molar refractivity (Wildman–Crippen MR) is 127 cm³/mol. The minimum atomic E-state index is -0.283. The molecule has 32 heavy (non-hydrogen) atoms. The third-order valence-electron chi connectivity index (χ3n) is 6.21. The molecule has 2 aromatic carbocycles. The molecule has 0 N–H and O–H groups in total. The van der Waals surface area contributed by atoms with Crippen molar-refractivity contribution >= 4 is 17.5 Å². The second-order valence-corrected chi connectivity index (χ2v) is 9.10. The number of carbonyl (C=O) groups excluding carboxylic acids is 2. The van der Waals surface area contributed by atoms with Crippen LogP contribution in [0.4, 0.5) is 10.1 Å². The monoisotopic (exact) mass is 438 g/mol. The Balaban J connectivity index is 1.89. The highest BCUT2D eigenvalue weighted by molar-refractivity contribution is 5.95. The molecule has 0 spiro atoms. The highest BCUT2D eigenvalue weighted by Gasteiger charge is 2.23. The number of halogens is 1. The molecule has 0 bridgehead atoms. The van der Waals surface area contributed by atoms with Crippen LogP contribution in [-0.2, 0) is 22.6 Å². The van der Waals surface area contributed by atoms with Crippen molar-refractivity contribution in [1.82, 2.24) is 4.90 Å². The molecule has 1 aliphatic heterocycles. The van der Waals surface area contributed by atoms with Crippen LogP contribution < -0.4 is 4.90 Å². The summed E-state index contributed by atoms with van der Waals surface area (Å²) in [7, 11) is 0. The molecule has 2 amide bonds. The van der Waals surface area contributed by atoms with E-state index in [-0.39, 0.29) is 30.0 Å². The number of nitrogens with zero attached hydrogens (tertiary/aromatic N) is 2. The molecule has 0 radical (unpaired) electrons. The summed E-state index contributed by atoms with van der Waals surface area (Å²) in [5, 5.41) is 0. The van der Waals surface area contributed by atoms with E-state index in [0.29, 0.717) is 19.6 Å². The van der Waals surface area contributed by atoms with E-state index in [9.17, 15) is 14.0 Å². The molecule has 4 nitrogen and oxygen atoms in total. The number of para-hydroxylation sites is 1. The van der Waals surface area contributed by atoms with Gasteiger partial charge in [0.25, 0.3) is 0 Å². The van der Waals surface area contributed by atoms with Gasteiger partial charge >= 0.3 is 0 Å². The number of benzene rings is 2. The van der Waals surface area contributed by atoms with Gasteiger partial charge in [0.05, 0.1) is 6.42 Å². The molecule has 0 unspecified atom stereocenters. The zero-order valence-corrected chi connectivity index (χ0v) is 19.6. The highest BCUT2D eigenvalue weighted by atomic mass is 19.1. The van der Waals surface area contributed by atoms with E-state index in [0.717, 1.165) is 54.5 Å². The third kappa shape index (κ3) is 6.18.